The maximum Gasteiger partial charge on any atom is 0.315 e. The molecule has 1 aromatic carbocycles. The molecule has 0 heterocycles. The summed E-state index contributed by atoms with van der Waals surface area (Å²) < 4.78 is 9.74. The number of benzene rings is 1. The summed E-state index contributed by atoms with van der Waals surface area (Å²) in [6.45, 7) is 1.99. The van der Waals surface area contributed by atoms with Crippen molar-refractivity contribution < 1.29 is 19.2 Å². The van der Waals surface area contributed by atoms with E-state index in [-0.39, 0.29) is 24.6 Å². The smallest absolute Gasteiger partial charge is 0.315 e. The molecular weight excluding hydrogens is 252 g/mol. The number of carbonyl (C=O) groups excluding carboxylic acids is 1. The van der Waals surface area contributed by atoms with Gasteiger partial charge >= 0.3 is 5.97 Å². The van der Waals surface area contributed by atoms with Crippen LogP contribution in [0.15, 0.2) is 29.3 Å². The predicted molar refractivity (Wildman–Crippen MR) is 68.5 cm³/mol. The summed E-state index contributed by atoms with van der Waals surface area (Å²) in [5, 5.41) is 10.5. The van der Waals surface area contributed by atoms with E-state index < -0.39 is 10.9 Å². The topological polar surface area (TPSA) is 91.0 Å². The zero-order valence-corrected chi connectivity index (χ0v) is 10.7. The van der Waals surface area contributed by atoms with Crippen molar-refractivity contribution in [1.29, 1.82) is 0 Å². The molecule has 1 rings (SSSR count). The van der Waals surface area contributed by atoms with Gasteiger partial charge in [-0.1, -0.05) is 0 Å². The fraction of sp³-hybridized carbons (Fsp3) is 0.333. The summed E-state index contributed by atoms with van der Waals surface area (Å²) in [7, 11) is 1.39. The quantitative estimate of drug-likeness (QED) is 0.268. The summed E-state index contributed by atoms with van der Waals surface area (Å²) in [6, 6.07) is 5.61. The molecule has 1 aromatic rings. The van der Waals surface area contributed by atoms with Crippen LogP contribution in [0.4, 0.5) is 11.4 Å². The van der Waals surface area contributed by atoms with E-state index in [9.17, 15) is 14.9 Å². The third-order valence-corrected chi connectivity index (χ3v) is 2.15. The Morgan fingerprint density at radius 3 is 2.47 bits per heavy atom. The summed E-state index contributed by atoms with van der Waals surface area (Å²) in [5.41, 5.74) is 0.440. The van der Waals surface area contributed by atoms with Crippen molar-refractivity contribution in [2.45, 2.75) is 13.3 Å². The van der Waals surface area contributed by atoms with Crippen LogP contribution in [-0.2, 0) is 14.3 Å². The van der Waals surface area contributed by atoms with Crippen LogP contribution in [-0.4, -0.2) is 30.5 Å². The van der Waals surface area contributed by atoms with Gasteiger partial charge in [-0.3, -0.25) is 14.9 Å². The Hall–Kier alpha value is -2.44. The number of nitro groups is 1. The molecule has 0 fully saturated rings. The number of nitrogens with zero attached hydrogens (tertiary/aromatic N) is 2. The van der Waals surface area contributed by atoms with Gasteiger partial charge in [0.2, 0.25) is 0 Å². The van der Waals surface area contributed by atoms with Gasteiger partial charge in [-0.25, -0.2) is 4.99 Å². The van der Waals surface area contributed by atoms with Gasteiger partial charge in [0.1, 0.15) is 6.42 Å². The van der Waals surface area contributed by atoms with Gasteiger partial charge in [0.25, 0.3) is 5.69 Å². The summed E-state index contributed by atoms with van der Waals surface area (Å²) in [6.07, 6.45) is -0.0820. The normalized spacial score (nSPS) is 10.9. The number of esters is 1. The molecule has 0 N–H and O–H groups in total. The third-order valence-electron chi connectivity index (χ3n) is 2.15. The minimum absolute atomic E-state index is 0.0247. The van der Waals surface area contributed by atoms with Gasteiger partial charge in [-0.05, 0) is 19.1 Å². The molecule has 0 radical (unpaired) electrons. The lowest BCUT2D eigenvalue weighted by molar-refractivity contribution is -0.384. The lowest BCUT2D eigenvalue weighted by atomic mass is 10.3. The average molecular weight is 266 g/mol. The number of rotatable bonds is 5. The first kappa shape index (κ1) is 14.6. The number of ether oxygens (including phenoxy) is 2. The highest BCUT2D eigenvalue weighted by Crippen LogP contribution is 2.18. The molecule has 0 aliphatic carbocycles. The Kier molecular flexibility index (Phi) is 5.46. The van der Waals surface area contributed by atoms with Crippen LogP contribution in [0.1, 0.15) is 13.3 Å². The molecule has 0 aliphatic rings. The Labute approximate surface area is 110 Å². The molecule has 7 nitrogen and oxygen atoms in total. The highest BCUT2D eigenvalue weighted by Gasteiger charge is 2.09. The highest BCUT2D eigenvalue weighted by atomic mass is 16.6. The molecule has 0 unspecified atom stereocenters. The zero-order valence-electron chi connectivity index (χ0n) is 10.7. The van der Waals surface area contributed by atoms with Gasteiger partial charge in [-0.2, -0.15) is 0 Å². The van der Waals surface area contributed by atoms with Crippen LogP contribution < -0.4 is 0 Å². The first-order valence-corrected chi connectivity index (χ1v) is 5.58. The van der Waals surface area contributed by atoms with Crippen molar-refractivity contribution in [3.8, 4) is 0 Å². The zero-order chi connectivity index (χ0) is 14.3. The van der Waals surface area contributed by atoms with Gasteiger partial charge in [0, 0.05) is 12.1 Å². The SMILES string of the molecule is CCOC(=O)CC(=Nc1ccc([N+](=O)[O-])cc1)OC. The van der Waals surface area contributed by atoms with Crippen LogP contribution >= 0.6 is 0 Å². The van der Waals surface area contributed by atoms with Crippen molar-refractivity contribution in [2.75, 3.05) is 13.7 Å². The highest BCUT2D eigenvalue weighted by molar-refractivity contribution is 5.95. The molecule has 0 amide bonds. The molecule has 0 saturated heterocycles. The molecule has 0 atom stereocenters. The van der Waals surface area contributed by atoms with Gasteiger partial charge in [0.05, 0.1) is 24.3 Å². The van der Waals surface area contributed by atoms with Crippen molar-refractivity contribution >= 4 is 23.2 Å². The van der Waals surface area contributed by atoms with E-state index in [0.29, 0.717) is 5.69 Å². The van der Waals surface area contributed by atoms with E-state index in [0.717, 1.165) is 0 Å². The molecule has 0 aromatic heterocycles. The van der Waals surface area contributed by atoms with Crippen molar-refractivity contribution in [3.63, 3.8) is 0 Å². The Bertz CT molecular complexity index is 481. The van der Waals surface area contributed by atoms with Crippen LogP contribution in [0.2, 0.25) is 0 Å². The van der Waals surface area contributed by atoms with Crippen LogP contribution in [0.3, 0.4) is 0 Å². The maximum absolute atomic E-state index is 11.3. The number of methoxy groups -OCH3 is 1. The van der Waals surface area contributed by atoms with E-state index in [4.69, 9.17) is 9.47 Å². The molecule has 0 bridgehead atoms. The molecule has 19 heavy (non-hydrogen) atoms. The lowest BCUT2D eigenvalue weighted by Crippen LogP contribution is -2.12. The van der Waals surface area contributed by atoms with Crippen molar-refractivity contribution in [1.82, 2.24) is 0 Å². The van der Waals surface area contributed by atoms with Crippen molar-refractivity contribution in [3.05, 3.63) is 34.4 Å². The number of aliphatic imine (C=N–C) groups is 1. The standard InChI is InChI=1S/C12H14N2O5/c1-3-19-12(15)8-11(18-2)13-9-4-6-10(7-5-9)14(16)17/h4-7H,3,8H2,1-2H3. The van der Waals surface area contributed by atoms with E-state index >= 15 is 0 Å². The van der Waals surface area contributed by atoms with E-state index in [1.165, 1.54) is 31.4 Å². The fourth-order valence-corrected chi connectivity index (χ4v) is 1.29. The van der Waals surface area contributed by atoms with Crippen LogP contribution in [0.5, 0.6) is 0 Å². The second-order valence-electron chi connectivity index (χ2n) is 3.46. The molecule has 0 spiro atoms. The lowest BCUT2D eigenvalue weighted by Gasteiger charge is -2.04. The minimum Gasteiger partial charge on any atom is -0.484 e. The number of non-ortho nitro benzene ring substituents is 1. The molecular formula is C12H14N2O5. The number of nitro benzene ring substituents is 1. The average Bonchev–Trinajstić information content (AvgIpc) is 2.38. The molecule has 0 saturated carbocycles. The monoisotopic (exact) mass is 266 g/mol. The van der Waals surface area contributed by atoms with Gasteiger partial charge in [0.15, 0.2) is 5.90 Å². The van der Waals surface area contributed by atoms with E-state index in [1.54, 1.807) is 6.92 Å². The number of hydrogen-bond donors (Lipinski definition) is 0. The largest absolute Gasteiger partial charge is 0.484 e. The number of hydrogen-bond acceptors (Lipinski definition) is 6. The summed E-state index contributed by atoms with van der Waals surface area (Å²) in [4.78, 5) is 25.3. The third kappa shape index (κ3) is 4.74. The van der Waals surface area contributed by atoms with Crippen molar-refractivity contribution in [2.24, 2.45) is 4.99 Å². The van der Waals surface area contributed by atoms with Crippen LogP contribution in [0, 0.1) is 10.1 Å². The fourth-order valence-electron chi connectivity index (χ4n) is 1.29. The van der Waals surface area contributed by atoms with Gasteiger partial charge < -0.3 is 9.47 Å². The number of carbonyl (C=O) groups is 1. The molecule has 7 heteroatoms. The first-order valence-electron chi connectivity index (χ1n) is 5.58. The van der Waals surface area contributed by atoms with Crippen LogP contribution in [0.25, 0.3) is 0 Å². The summed E-state index contributed by atoms with van der Waals surface area (Å²) >= 11 is 0. The Balaban J connectivity index is 2.79. The Morgan fingerprint density at radius 2 is 2.00 bits per heavy atom. The maximum atomic E-state index is 11.3. The molecule has 0 aliphatic heterocycles. The summed E-state index contributed by atoms with van der Waals surface area (Å²) in [5.74, 6) is -0.252. The van der Waals surface area contributed by atoms with E-state index in [1.807, 2.05) is 0 Å². The minimum atomic E-state index is -0.497. The van der Waals surface area contributed by atoms with Gasteiger partial charge in [-0.15, -0.1) is 0 Å². The second kappa shape index (κ2) is 7.10. The second-order valence-corrected chi connectivity index (χ2v) is 3.46. The van der Waals surface area contributed by atoms with E-state index in [2.05, 4.69) is 4.99 Å². The molecule has 102 valence electrons. The predicted octanol–water partition coefficient (Wildman–Crippen LogP) is 2.22. The Morgan fingerprint density at radius 1 is 1.37 bits per heavy atom. The first-order chi connectivity index (χ1) is 9.06.